The predicted molar refractivity (Wildman–Crippen MR) is 49.2 cm³/mol. The van der Waals surface area contributed by atoms with Gasteiger partial charge in [0.25, 0.3) is 0 Å². The van der Waals surface area contributed by atoms with Crippen LogP contribution in [0.3, 0.4) is 0 Å². The Hall–Kier alpha value is -0.960. The van der Waals surface area contributed by atoms with Crippen molar-refractivity contribution in [1.29, 1.82) is 0 Å². The molecule has 7 nitrogen and oxygen atoms in total. The van der Waals surface area contributed by atoms with Gasteiger partial charge < -0.3 is 9.66 Å². The summed E-state index contributed by atoms with van der Waals surface area (Å²) in [4.78, 5) is 0. The Labute approximate surface area is 88.5 Å². The third-order valence-corrected chi connectivity index (χ3v) is 1.83. The number of aliphatic hydroxyl groups is 1. The zero-order chi connectivity index (χ0) is 12.1. The van der Waals surface area contributed by atoms with Gasteiger partial charge in [-0.15, -0.1) is 0 Å². The molecule has 0 radical (unpaired) electrons. The Morgan fingerprint density at radius 2 is 2.07 bits per heavy atom. The first-order valence-electron chi connectivity index (χ1n) is 3.98. The highest BCUT2D eigenvalue weighted by Gasteiger charge is 2.03. The number of aliphatic hydroxyl groups excluding tert-OH is 1. The van der Waals surface area contributed by atoms with Crippen LogP contribution in [-0.2, 0) is 21.6 Å². The van der Waals surface area contributed by atoms with E-state index in [-0.39, 0.29) is 0 Å². The molecule has 0 fully saturated rings. The van der Waals surface area contributed by atoms with Gasteiger partial charge in [-0.1, -0.05) is 0 Å². The maximum absolute atomic E-state index is 9.22. The first-order chi connectivity index (χ1) is 6.76. The maximum Gasteiger partial charge on any atom is 0.245 e. The van der Waals surface area contributed by atoms with E-state index in [0.29, 0.717) is 0 Å². The number of aryl methyl sites for hydroxylation is 1. The topological polar surface area (TPSA) is 95.5 Å². The number of imidazole rings is 1. The average molecular weight is 238 g/mol. The number of nitrogens with zero attached hydrogens (tertiary/aromatic N) is 2. The molecule has 1 heterocycles. The molecule has 0 amide bonds. The van der Waals surface area contributed by atoms with Crippen molar-refractivity contribution in [3.8, 4) is 0 Å². The highest BCUT2D eigenvalue weighted by molar-refractivity contribution is 7.80. The summed E-state index contributed by atoms with van der Waals surface area (Å²) >= 11 is 0. The highest BCUT2D eigenvalue weighted by Crippen LogP contribution is 1.95. The van der Waals surface area contributed by atoms with Gasteiger partial charge in [0.1, 0.15) is 12.4 Å². The van der Waals surface area contributed by atoms with E-state index in [9.17, 15) is 13.0 Å². The SMILES string of the molecule is CC(O)n1cc[n+](C)c1.COS(=O)(=O)[O-]. The zero-order valence-corrected chi connectivity index (χ0v) is 9.51. The van der Waals surface area contributed by atoms with E-state index in [0.717, 1.165) is 7.11 Å². The van der Waals surface area contributed by atoms with Gasteiger partial charge in [-0.25, -0.2) is 17.6 Å². The first kappa shape index (κ1) is 14.0. The molecule has 1 unspecified atom stereocenters. The molecule has 8 heteroatoms. The Bertz CT molecular complexity index is 384. The molecule has 1 rings (SSSR count). The Balaban J connectivity index is 0.000000288. The second-order valence-electron chi connectivity index (χ2n) is 2.73. The van der Waals surface area contributed by atoms with E-state index >= 15 is 0 Å². The summed E-state index contributed by atoms with van der Waals surface area (Å²) in [5.41, 5.74) is 0. The summed E-state index contributed by atoms with van der Waals surface area (Å²) in [5, 5.41) is 8.99. The number of hydrogen-bond donors (Lipinski definition) is 1. The molecule has 1 atom stereocenters. The molecule has 0 aromatic carbocycles. The van der Waals surface area contributed by atoms with Crippen LogP contribution in [0.4, 0.5) is 0 Å². The maximum atomic E-state index is 9.22. The molecule has 1 aromatic heterocycles. The van der Waals surface area contributed by atoms with Gasteiger partial charge in [0, 0.05) is 6.92 Å². The summed E-state index contributed by atoms with van der Waals surface area (Å²) in [6.45, 7) is 1.72. The van der Waals surface area contributed by atoms with Crippen molar-refractivity contribution >= 4 is 10.4 Å². The van der Waals surface area contributed by atoms with Crippen LogP contribution >= 0.6 is 0 Å². The minimum atomic E-state index is -4.41. The average Bonchev–Trinajstić information content (AvgIpc) is 2.52. The fourth-order valence-corrected chi connectivity index (χ4v) is 0.690. The summed E-state index contributed by atoms with van der Waals surface area (Å²) in [5.74, 6) is 0. The van der Waals surface area contributed by atoms with Crippen molar-refractivity contribution in [2.24, 2.45) is 7.05 Å². The summed E-state index contributed by atoms with van der Waals surface area (Å²) in [6.07, 6.45) is 5.10. The first-order valence-corrected chi connectivity index (χ1v) is 5.32. The van der Waals surface area contributed by atoms with Crippen LogP contribution in [0.2, 0.25) is 0 Å². The van der Waals surface area contributed by atoms with Crippen molar-refractivity contribution in [2.75, 3.05) is 7.11 Å². The zero-order valence-electron chi connectivity index (χ0n) is 8.69. The largest absolute Gasteiger partial charge is 0.726 e. The van der Waals surface area contributed by atoms with E-state index < -0.39 is 16.6 Å². The van der Waals surface area contributed by atoms with Gasteiger partial charge in [0.05, 0.1) is 14.2 Å². The van der Waals surface area contributed by atoms with Crippen LogP contribution in [0, 0.1) is 0 Å². The quantitative estimate of drug-likeness (QED) is 0.401. The fraction of sp³-hybridized carbons (Fsp3) is 0.571. The number of rotatable bonds is 2. The second kappa shape index (κ2) is 5.81. The smallest absolute Gasteiger partial charge is 0.245 e. The molecule has 0 saturated heterocycles. The summed E-state index contributed by atoms with van der Waals surface area (Å²) < 4.78 is 34.6. The van der Waals surface area contributed by atoms with Crippen LogP contribution in [0.1, 0.15) is 13.2 Å². The van der Waals surface area contributed by atoms with Gasteiger partial charge in [0.2, 0.25) is 16.7 Å². The van der Waals surface area contributed by atoms with Gasteiger partial charge in [-0.2, -0.15) is 0 Å². The van der Waals surface area contributed by atoms with E-state index in [4.69, 9.17) is 5.11 Å². The van der Waals surface area contributed by atoms with E-state index in [2.05, 4.69) is 4.18 Å². The van der Waals surface area contributed by atoms with Gasteiger partial charge in [0.15, 0.2) is 6.23 Å². The molecule has 15 heavy (non-hydrogen) atoms. The molecular weight excluding hydrogens is 224 g/mol. The van der Waals surface area contributed by atoms with Crippen LogP contribution in [0.25, 0.3) is 0 Å². The highest BCUT2D eigenvalue weighted by atomic mass is 32.3. The van der Waals surface area contributed by atoms with Crippen LogP contribution in [0.5, 0.6) is 0 Å². The lowest BCUT2D eigenvalue weighted by atomic mass is 10.6. The summed E-state index contributed by atoms with van der Waals surface area (Å²) in [7, 11) is -1.69. The minimum absolute atomic E-state index is 0.425. The molecule has 0 aliphatic rings. The van der Waals surface area contributed by atoms with Gasteiger partial charge in [-0.05, 0) is 0 Å². The lowest BCUT2D eigenvalue weighted by molar-refractivity contribution is -0.671. The molecular formula is C7H14N2O5S. The van der Waals surface area contributed by atoms with Gasteiger partial charge >= 0.3 is 0 Å². The van der Waals surface area contributed by atoms with E-state index in [1.54, 1.807) is 11.5 Å². The Morgan fingerprint density at radius 3 is 2.20 bits per heavy atom. The molecule has 0 bridgehead atoms. The normalized spacial score (nSPS) is 12.9. The van der Waals surface area contributed by atoms with Crippen LogP contribution in [-0.4, -0.2) is 29.8 Å². The molecule has 0 saturated carbocycles. The van der Waals surface area contributed by atoms with Crippen molar-refractivity contribution in [3.05, 3.63) is 18.7 Å². The van der Waals surface area contributed by atoms with Crippen LogP contribution in [0.15, 0.2) is 18.7 Å². The lowest BCUT2D eigenvalue weighted by Gasteiger charge is -1.98. The number of hydrogen-bond acceptors (Lipinski definition) is 5. The monoisotopic (exact) mass is 238 g/mol. The standard InChI is InChI=1S/C6H11N2O.CH4O4S/c1-6(9)8-4-3-7(2)5-8;1-5-6(2,3)4/h3-6,9H,1-2H3;1H3,(H,2,3,4)/q+1;/p-1. The minimum Gasteiger partial charge on any atom is -0.726 e. The molecule has 0 aliphatic heterocycles. The van der Waals surface area contributed by atoms with E-state index in [1.807, 2.05) is 30.3 Å². The second-order valence-corrected chi connectivity index (χ2v) is 3.88. The van der Waals surface area contributed by atoms with Crippen molar-refractivity contribution in [1.82, 2.24) is 4.57 Å². The molecule has 1 aromatic rings. The molecule has 0 aliphatic carbocycles. The molecule has 88 valence electrons. The third kappa shape index (κ3) is 7.03. The number of aromatic nitrogens is 2. The van der Waals surface area contributed by atoms with Crippen molar-refractivity contribution in [2.45, 2.75) is 13.2 Å². The fourth-order valence-electron chi connectivity index (χ4n) is 0.690. The lowest BCUT2D eigenvalue weighted by Crippen LogP contribution is -2.24. The summed E-state index contributed by atoms with van der Waals surface area (Å²) in [6, 6.07) is 0. The van der Waals surface area contributed by atoms with Gasteiger partial charge in [-0.3, -0.25) is 4.18 Å². The molecule has 0 spiro atoms. The van der Waals surface area contributed by atoms with E-state index in [1.165, 1.54) is 0 Å². The van der Waals surface area contributed by atoms with Crippen LogP contribution < -0.4 is 4.57 Å². The Kier molecular flexibility index (Phi) is 5.44. The van der Waals surface area contributed by atoms with Crippen molar-refractivity contribution < 1.29 is 26.8 Å². The third-order valence-electron chi connectivity index (χ3n) is 1.43. The Morgan fingerprint density at radius 1 is 1.60 bits per heavy atom. The predicted octanol–water partition coefficient (Wildman–Crippen LogP) is -1.08. The molecule has 1 N–H and O–H groups in total. The van der Waals surface area contributed by atoms with Crippen molar-refractivity contribution in [3.63, 3.8) is 0 Å².